The number of nitro groups is 1. The van der Waals surface area contributed by atoms with Crippen molar-refractivity contribution in [3.05, 3.63) is 34.4 Å². The van der Waals surface area contributed by atoms with Gasteiger partial charge in [-0.25, -0.2) is 4.57 Å². The normalized spacial score (nSPS) is 10.3. The van der Waals surface area contributed by atoms with Crippen LogP contribution in [0.4, 0.5) is 5.69 Å². The average Bonchev–Trinajstić information content (AvgIpc) is 2.02. The number of benzene rings is 1. The minimum Gasteiger partial charge on any atom is -0.404 e. The molecule has 0 atom stereocenters. The van der Waals surface area contributed by atoms with Crippen LogP contribution in [0.5, 0.6) is 5.75 Å². The van der Waals surface area contributed by atoms with Crippen LogP contribution in [0.2, 0.25) is 0 Å². The van der Waals surface area contributed by atoms with E-state index in [1.165, 1.54) is 0 Å². The SMILES string of the molecule is O=[N+]([O-])c1ccc(OP(=O)(O)O)cc1.[Ag+]. The second kappa shape index (κ2) is 5.41. The van der Waals surface area contributed by atoms with Crippen molar-refractivity contribution in [3.8, 4) is 5.75 Å². The van der Waals surface area contributed by atoms with E-state index < -0.39 is 12.7 Å². The van der Waals surface area contributed by atoms with E-state index in [1.807, 2.05) is 0 Å². The molecule has 1 aromatic rings. The Morgan fingerprint density at radius 2 is 1.73 bits per heavy atom. The predicted octanol–water partition coefficient (Wildman–Crippen LogP) is 1.06. The van der Waals surface area contributed by atoms with Crippen LogP contribution >= 0.6 is 7.82 Å². The van der Waals surface area contributed by atoms with Gasteiger partial charge >= 0.3 is 30.2 Å². The number of hydrogen-bond acceptors (Lipinski definition) is 4. The summed E-state index contributed by atoms with van der Waals surface area (Å²) in [4.78, 5) is 26.4. The topological polar surface area (TPSA) is 110 Å². The standard InChI is InChI=1S/C6H6NO6P.Ag/c8-7(9)5-1-3-6(4-2-5)13-14(10,11)12;/h1-4H,(H2,10,11,12);/q;+1. The Hall–Kier alpha value is -0.690. The molecule has 0 fully saturated rings. The number of phosphoric acid groups is 1. The van der Waals surface area contributed by atoms with Crippen LogP contribution in [-0.2, 0) is 26.9 Å². The van der Waals surface area contributed by atoms with Crippen LogP contribution in [-0.4, -0.2) is 14.7 Å². The Morgan fingerprint density at radius 3 is 2.07 bits per heavy atom. The summed E-state index contributed by atoms with van der Waals surface area (Å²) >= 11 is 0. The summed E-state index contributed by atoms with van der Waals surface area (Å²) in [5.41, 5.74) is -0.178. The van der Waals surface area contributed by atoms with E-state index in [9.17, 15) is 14.7 Å². The Morgan fingerprint density at radius 1 is 1.27 bits per heavy atom. The van der Waals surface area contributed by atoms with Gasteiger partial charge < -0.3 is 4.52 Å². The number of non-ortho nitro benzene ring substituents is 1. The van der Waals surface area contributed by atoms with Gasteiger partial charge in [-0.15, -0.1) is 0 Å². The molecule has 2 N–H and O–H groups in total. The first-order valence-electron chi connectivity index (χ1n) is 3.38. The fraction of sp³-hybridized carbons (Fsp3) is 0. The van der Waals surface area contributed by atoms with Crippen LogP contribution in [0.25, 0.3) is 0 Å². The van der Waals surface area contributed by atoms with Crippen LogP contribution in [0.15, 0.2) is 24.3 Å². The monoisotopic (exact) mass is 326 g/mol. The average molecular weight is 327 g/mol. The second-order valence-corrected chi connectivity index (χ2v) is 3.50. The van der Waals surface area contributed by atoms with Crippen molar-refractivity contribution in [1.29, 1.82) is 0 Å². The number of nitro benzene ring substituents is 1. The van der Waals surface area contributed by atoms with E-state index in [1.54, 1.807) is 0 Å². The molecule has 86 valence electrons. The van der Waals surface area contributed by atoms with Gasteiger partial charge in [0.15, 0.2) is 0 Å². The molecule has 0 heterocycles. The van der Waals surface area contributed by atoms with Gasteiger partial charge in [-0.3, -0.25) is 19.9 Å². The molecule has 1 rings (SSSR count). The molecule has 0 unspecified atom stereocenters. The molecule has 0 saturated heterocycles. The van der Waals surface area contributed by atoms with Gasteiger partial charge in [-0.1, -0.05) is 0 Å². The van der Waals surface area contributed by atoms with Crippen LogP contribution in [0, 0.1) is 10.1 Å². The molecule has 1 aromatic carbocycles. The maximum Gasteiger partial charge on any atom is 1.00 e. The van der Waals surface area contributed by atoms with E-state index in [0.717, 1.165) is 24.3 Å². The Balaban J connectivity index is 0.00000196. The summed E-state index contributed by atoms with van der Waals surface area (Å²) in [6.45, 7) is 0. The van der Waals surface area contributed by atoms with E-state index >= 15 is 0 Å². The summed E-state index contributed by atoms with van der Waals surface area (Å²) in [6, 6.07) is 4.39. The minimum absolute atomic E-state index is 0. The fourth-order valence-corrected chi connectivity index (χ4v) is 1.16. The van der Waals surface area contributed by atoms with Crippen molar-refractivity contribution >= 4 is 13.5 Å². The van der Waals surface area contributed by atoms with E-state index in [2.05, 4.69) is 4.52 Å². The van der Waals surface area contributed by atoms with E-state index in [4.69, 9.17) is 9.79 Å². The molecular weight excluding hydrogens is 321 g/mol. The number of hydrogen-bond donors (Lipinski definition) is 2. The largest absolute Gasteiger partial charge is 1.00 e. The molecule has 0 bridgehead atoms. The third-order valence-electron chi connectivity index (χ3n) is 1.27. The van der Waals surface area contributed by atoms with Gasteiger partial charge in [0.2, 0.25) is 0 Å². The quantitative estimate of drug-likeness (QED) is 0.372. The fourth-order valence-electron chi connectivity index (χ4n) is 0.766. The first kappa shape index (κ1) is 14.3. The minimum atomic E-state index is -4.60. The summed E-state index contributed by atoms with van der Waals surface area (Å²) in [6.07, 6.45) is 0. The third kappa shape index (κ3) is 5.08. The van der Waals surface area contributed by atoms with E-state index in [0.29, 0.717) is 0 Å². The first-order chi connectivity index (χ1) is 6.38. The van der Waals surface area contributed by atoms with Crippen molar-refractivity contribution in [2.45, 2.75) is 0 Å². The molecule has 15 heavy (non-hydrogen) atoms. The molecule has 0 saturated carbocycles. The smallest absolute Gasteiger partial charge is 0.404 e. The Bertz CT molecular complexity index is 387. The maximum absolute atomic E-state index is 10.4. The summed E-state index contributed by atoms with van der Waals surface area (Å²) < 4.78 is 14.5. The molecule has 9 heteroatoms. The van der Waals surface area contributed by atoms with Gasteiger partial charge in [0.05, 0.1) is 4.92 Å². The summed E-state index contributed by atoms with van der Waals surface area (Å²) in [5.74, 6) is -0.121. The van der Waals surface area contributed by atoms with Gasteiger partial charge in [-0.2, -0.15) is 0 Å². The molecule has 7 nitrogen and oxygen atoms in total. The Kier molecular flexibility index (Phi) is 5.16. The zero-order valence-electron chi connectivity index (χ0n) is 7.03. The predicted molar refractivity (Wildman–Crippen MR) is 45.8 cm³/mol. The summed E-state index contributed by atoms with van der Waals surface area (Å²) in [5, 5.41) is 10.2. The van der Waals surface area contributed by atoms with Gasteiger partial charge in [0.1, 0.15) is 5.75 Å². The second-order valence-electron chi connectivity index (χ2n) is 2.33. The Labute approximate surface area is 100.0 Å². The maximum atomic E-state index is 10.4. The molecule has 0 aliphatic heterocycles. The van der Waals surface area contributed by atoms with Crippen molar-refractivity contribution in [2.75, 3.05) is 0 Å². The molecule has 0 radical (unpaired) electrons. The molecule has 0 aliphatic rings. The zero-order chi connectivity index (χ0) is 10.8. The molecule has 0 spiro atoms. The third-order valence-corrected chi connectivity index (χ3v) is 1.72. The van der Waals surface area contributed by atoms with Crippen LogP contribution in [0.3, 0.4) is 0 Å². The number of phosphoric ester groups is 1. The molecule has 0 aromatic heterocycles. The van der Waals surface area contributed by atoms with Gasteiger partial charge in [-0.05, 0) is 12.1 Å². The first-order valence-corrected chi connectivity index (χ1v) is 4.91. The van der Waals surface area contributed by atoms with Crippen molar-refractivity contribution in [2.24, 2.45) is 0 Å². The number of rotatable bonds is 3. The van der Waals surface area contributed by atoms with Gasteiger partial charge in [0, 0.05) is 12.1 Å². The zero-order valence-corrected chi connectivity index (χ0v) is 9.41. The molecular formula is C6H6AgNO6P+. The van der Waals surface area contributed by atoms with Crippen molar-refractivity contribution < 1.29 is 46.2 Å². The van der Waals surface area contributed by atoms with Crippen molar-refractivity contribution in [1.82, 2.24) is 0 Å². The van der Waals surface area contributed by atoms with E-state index in [-0.39, 0.29) is 33.8 Å². The number of nitrogens with zero attached hydrogens (tertiary/aromatic N) is 1. The van der Waals surface area contributed by atoms with Crippen molar-refractivity contribution in [3.63, 3.8) is 0 Å². The molecule has 0 aliphatic carbocycles. The van der Waals surface area contributed by atoms with Crippen LogP contribution in [0.1, 0.15) is 0 Å². The molecule has 0 amide bonds. The van der Waals surface area contributed by atoms with Gasteiger partial charge in [0.25, 0.3) is 5.69 Å². The summed E-state index contributed by atoms with van der Waals surface area (Å²) in [7, 11) is -4.60. The van der Waals surface area contributed by atoms with Crippen LogP contribution < -0.4 is 4.52 Å².